The molecule has 0 aromatic heterocycles. The van der Waals surface area contributed by atoms with E-state index in [-0.39, 0.29) is 11.4 Å². The Balaban J connectivity index is 2.28. The van der Waals surface area contributed by atoms with E-state index in [2.05, 4.69) is 26.2 Å². The maximum absolute atomic E-state index is 11.6. The molecule has 0 spiro atoms. The fraction of sp³-hybridized carbons (Fsp3) is 0.667. The molecule has 2 aliphatic carbocycles. The molecule has 0 unspecified atom stereocenters. The summed E-state index contributed by atoms with van der Waals surface area (Å²) in [5.74, 6) is 0.746. The first kappa shape index (κ1) is 13.8. The molecule has 2 aliphatic rings. The standard InChI is InChI=1S/C15H24O2Si/c1-5-6-8-15(17-18(2,3)4)9-7-12-10-13(16)11-14(12)15/h5,11-12H,1,6-10H2,2-4H3/t12-,15-/m1/s1. The van der Waals surface area contributed by atoms with Gasteiger partial charge in [0.2, 0.25) is 0 Å². The zero-order valence-corrected chi connectivity index (χ0v) is 12.8. The normalized spacial score (nSPS) is 31.4. The smallest absolute Gasteiger partial charge is 0.184 e. The van der Waals surface area contributed by atoms with Gasteiger partial charge < -0.3 is 4.43 Å². The minimum Gasteiger partial charge on any atom is -0.408 e. The predicted molar refractivity (Wildman–Crippen MR) is 77.0 cm³/mol. The van der Waals surface area contributed by atoms with E-state index in [1.807, 2.05) is 12.2 Å². The molecular formula is C15H24O2Si. The number of ketones is 1. The van der Waals surface area contributed by atoms with E-state index < -0.39 is 8.32 Å². The molecule has 0 bridgehead atoms. The van der Waals surface area contributed by atoms with Crippen LogP contribution in [0.25, 0.3) is 0 Å². The SMILES string of the molecule is C=CCC[C@@]1(O[Si](C)(C)C)CC[C@@H]2CC(=O)C=C21. The Morgan fingerprint density at radius 2 is 2.28 bits per heavy atom. The highest BCUT2D eigenvalue weighted by Gasteiger charge is 2.49. The minimum atomic E-state index is -1.61. The van der Waals surface area contributed by atoms with E-state index in [1.54, 1.807) is 0 Å². The van der Waals surface area contributed by atoms with Gasteiger partial charge in [0.05, 0.1) is 5.60 Å². The summed E-state index contributed by atoms with van der Waals surface area (Å²) in [4.78, 5) is 11.6. The summed E-state index contributed by atoms with van der Waals surface area (Å²) >= 11 is 0. The number of fused-ring (bicyclic) bond motifs is 1. The van der Waals surface area contributed by atoms with Gasteiger partial charge in [-0.25, -0.2) is 0 Å². The molecule has 100 valence electrons. The highest BCUT2D eigenvalue weighted by atomic mass is 28.4. The third-order valence-electron chi connectivity index (χ3n) is 3.88. The largest absolute Gasteiger partial charge is 0.408 e. The molecule has 2 atom stereocenters. The zero-order chi connectivity index (χ0) is 13.4. The number of rotatable bonds is 5. The van der Waals surface area contributed by atoms with E-state index in [1.165, 1.54) is 5.57 Å². The molecule has 18 heavy (non-hydrogen) atoms. The molecule has 1 saturated carbocycles. The van der Waals surface area contributed by atoms with Gasteiger partial charge >= 0.3 is 0 Å². The van der Waals surface area contributed by atoms with Crippen LogP contribution >= 0.6 is 0 Å². The van der Waals surface area contributed by atoms with Gasteiger partial charge in [0.1, 0.15) is 0 Å². The number of carbonyl (C=O) groups is 1. The average Bonchev–Trinajstić information content (AvgIpc) is 2.74. The summed E-state index contributed by atoms with van der Waals surface area (Å²) in [6.07, 6.45) is 8.67. The molecule has 2 nitrogen and oxygen atoms in total. The van der Waals surface area contributed by atoms with Crippen molar-refractivity contribution in [1.82, 2.24) is 0 Å². The summed E-state index contributed by atoms with van der Waals surface area (Å²) in [5, 5.41) is 0. The fourth-order valence-corrected chi connectivity index (χ4v) is 4.86. The Morgan fingerprint density at radius 3 is 2.89 bits per heavy atom. The van der Waals surface area contributed by atoms with Crippen LogP contribution in [-0.2, 0) is 9.22 Å². The van der Waals surface area contributed by atoms with Crippen LogP contribution in [0.1, 0.15) is 32.1 Å². The van der Waals surface area contributed by atoms with Gasteiger partial charge in [0.25, 0.3) is 0 Å². The Kier molecular flexibility index (Phi) is 3.65. The van der Waals surface area contributed by atoms with E-state index in [4.69, 9.17) is 4.43 Å². The van der Waals surface area contributed by atoms with Crippen molar-refractivity contribution in [3.63, 3.8) is 0 Å². The molecule has 1 fully saturated rings. The average molecular weight is 264 g/mol. The van der Waals surface area contributed by atoms with E-state index in [9.17, 15) is 4.79 Å². The lowest BCUT2D eigenvalue weighted by Crippen LogP contribution is -2.42. The predicted octanol–water partition coefficient (Wildman–Crippen LogP) is 3.85. The summed E-state index contributed by atoms with van der Waals surface area (Å²) in [5.41, 5.74) is 1.13. The number of hydrogen-bond donors (Lipinski definition) is 0. The highest BCUT2D eigenvalue weighted by Crippen LogP contribution is 2.50. The molecule has 0 radical (unpaired) electrons. The Hall–Kier alpha value is -0.673. The van der Waals surface area contributed by atoms with Crippen LogP contribution < -0.4 is 0 Å². The van der Waals surface area contributed by atoms with E-state index in [0.29, 0.717) is 12.3 Å². The van der Waals surface area contributed by atoms with Crippen LogP contribution in [0, 0.1) is 5.92 Å². The first-order valence-electron chi connectivity index (χ1n) is 6.92. The van der Waals surface area contributed by atoms with Crippen LogP contribution in [0.4, 0.5) is 0 Å². The first-order chi connectivity index (χ1) is 8.36. The van der Waals surface area contributed by atoms with Gasteiger partial charge in [-0.15, -0.1) is 6.58 Å². The van der Waals surface area contributed by atoms with Gasteiger partial charge in [-0.3, -0.25) is 4.79 Å². The van der Waals surface area contributed by atoms with Crippen molar-refractivity contribution < 1.29 is 9.22 Å². The van der Waals surface area contributed by atoms with Gasteiger partial charge in [0, 0.05) is 6.42 Å². The third-order valence-corrected chi connectivity index (χ3v) is 4.88. The van der Waals surface area contributed by atoms with E-state index in [0.717, 1.165) is 25.7 Å². The molecule has 0 aromatic carbocycles. The number of hydrogen-bond acceptors (Lipinski definition) is 2. The first-order valence-corrected chi connectivity index (χ1v) is 10.3. The summed E-state index contributed by atoms with van der Waals surface area (Å²) in [6, 6.07) is 0. The van der Waals surface area contributed by atoms with Crippen LogP contribution in [0.3, 0.4) is 0 Å². The lowest BCUT2D eigenvalue weighted by Gasteiger charge is -2.37. The zero-order valence-electron chi connectivity index (χ0n) is 11.8. The van der Waals surface area contributed by atoms with Crippen LogP contribution in [0.15, 0.2) is 24.3 Å². The van der Waals surface area contributed by atoms with Crippen molar-refractivity contribution in [3.8, 4) is 0 Å². The molecule has 0 N–H and O–H groups in total. The molecule has 0 aromatic rings. The molecule has 3 heteroatoms. The second kappa shape index (κ2) is 4.78. The molecular weight excluding hydrogens is 240 g/mol. The Bertz CT molecular complexity index is 392. The fourth-order valence-electron chi connectivity index (χ4n) is 3.37. The number of carbonyl (C=O) groups excluding carboxylic acids is 1. The number of allylic oxidation sites excluding steroid dienone is 2. The van der Waals surface area contributed by atoms with Crippen LogP contribution in [0.2, 0.25) is 19.6 Å². The van der Waals surface area contributed by atoms with E-state index >= 15 is 0 Å². The molecule has 0 heterocycles. The highest BCUT2D eigenvalue weighted by molar-refractivity contribution is 6.69. The van der Waals surface area contributed by atoms with Crippen LogP contribution in [0.5, 0.6) is 0 Å². The Labute approximate surface area is 111 Å². The van der Waals surface area contributed by atoms with Crippen molar-refractivity contribution in [3.05, 3.63) is 24.3 Å². The second-order valence-corrected chi connectivity index (χ2v) is 11.0. The molecule has 0 amide bonds. The van der Waals surface area contributed by atoms with Crippen molar-refractivity contribution >= 4 is 14.1 Å². The molecule has 0 saturated heterocycles. The minimum absolute atomic E-state index is 0.157. The summed E-state index contributed by atoms with van der Waals surface area (Å²) in [6.45, 7) is 10.5. The molecule has 2 rings (SSSR count). The maximum atomic E-state index is 11.6. The van der Waals surface area contributed by atoms with Crippen LogP contribution in [-0.4, -0.2) is 19.7 Å². The van der Waals surface area contributed by atoms with Crippen molar-refractivity contribution in [2.45, 2.75) is 57.3 Å². The van der Waals surface area contributed by atoms with Gasteiger partial charge in [0.15, 0.2) is 14.1 Å². The monoisotopic (exact) mass is 264 g/mol. The van der Waals surface area contributed by atoms with Gasteiger partial charge in [-0.1, -0.05) is 6.08 Å². The topological polar surface area (TPSA) is 26.3 Å². The third kappa shape index (κ3) is 2.67. The quantitative estimate of drug-likeness (QED) is 0.557. The lowest BCUT2D eigenvalue weighted by atomic mass is 9.90. The molecule has 0 aliphatic heterocycles. The van der Waals surface area contributed by atoms with Gasteiger partial charge in [-0.2, -0.15) is 0 Å². The Morgan fingerprint density at radius 1 is 1.56 bits per heavy atom. The summed E-state index contributed by atoms with van der Waals surface area (Å²) in [7, 11) is -1.61. The summed E-state index contributed by atoms with van der Waals surface area (Å²) < 4.78 is 6.52. The van der Waals surface area contributed by atoms with Crippen molar-refractivity contribution in [1.29, 1.82) is 0 Å². The van der Waals surface area contributed by atoms with Crippen molar-refractivity contribution in [2.24, 2.45) is 5.92 Å². The second-order valence-electron chi connectivity index (χ2n) is 6.54. The van der Waals surface area contributed by atoms with Gasteiger partial charge in [-0.05, 0) is 62.9 Å². The lowest BCUT2D eigenvalue weighted by molar-refractivity contribution is -0.114. The maximum Gasteiger partial charge on any atom is 0.184 e. The van der Waals surface area contributed by atoms with Crippen molar-refractivity contribution in [2.75, 3.05) is 0 Å².